The summed E-state index contributed by atoms with van der Waals surface area (Å²) in [6.45, 7) is 2.43. The molecule has 37 heavy (non-hydrogen) atoms. The molecule has 202 valence electrons. The van der Waals surface area contributed by atoms with E-state index in [1.807, 2.05) is 41.9 Å². The van der Waals surface area contributed by atoms with Crippen LogP contribution in [-0.4, -0.2) is 85.0 Å². The van der Waals surface area contributed by atoms with Gasteiger partial charge in [0, 0.05) is 50.7 Å². The lowest BCUT2D eigenvalue weighted by Gasteiger charge is -2.29. The first kappa shape index (κ1) is 28.0. The van der Waals surface area contributed by atoms with Crippen LogP contribution in [0.1, 0.15) is 29.0 Å². The van der Waals surface area contributed by atoms with Gasteiger partial charge in [0.05, 0.1) is 15.6 Å². The predicted molar refractivity (Wildman–Crippen MR) is 136 cm³/mol. The van der Waals surface area contributed by atoms with Crippen LogP contribution in [0.4, 0.5) is 22.4 Å². The molecule has 2 aromatic rings. The van der Waals surface area contributed by atoms with Gasteiger partial charge in [0.2, 0.25) is 0 Å². The molecular formula is C26H30Cl2F4N4O. The molecule has 0 aliphatic carbocycles. The number of halogens is 6. The molecule has 0 bridgehead atoms. The summed E-state index contributed by atoms with van der Waals surface area (Å²) in [5.74, 6) is -1.41. The number of benzene rings is 2. The van der Waals surface area contributed by atoms with Crippen molar-refractivity contribution in [3.63, 3.8) is 0 Å². The maximum absolute atomic E-state index is 14.2. The Morgan fingerprint density at radius 1 is 1.00 bits per heavy atom. The van der Waals surface area contributed by atoms with Crippen LogP contribution in [0.5, 0.6) is 0 Å². The molecule has 3 atom stereocenters. The monoisotopic (exact) mass is 560 g/mol. The largest absolute Gasteiger partial charge is 0.419 e. The summed E-state index contributed by atoms with van der Waals surface area (Å²) in [5, 5.41) is 0.830. The van der Waals surface area contributed by atoms with Gasteiger partial charge in [-0.15, -0.1) is 0 Å². The minimum Gasteiger partial charge on any atom is -0.323 e. The normalized spacial score (nSPS) is 22.5. The summed E-state index contributed by atoms with van der Waals surface area (Å²) in [6.07, 6.45) is -3.84. The first-order valence-electron chi connectivity index (χ1n) is 12.1. The molecule has 2 unspecified atom stereocenters. The topological polar surface area (TPSA) is 30.0 Å². The van der Waals surface area contributed by atoms with Crippen LogP contribution in [0.2, 0.25) is 10.0 Å². The van der Waals surface area contributed by atoms with Crippen molar-refractivity contribution in [1.82, 2.24) is 19.6 Å². The summed E-state index contributed by atoms with van der Waals surface area (Å²) < 4.78 is 53.2. The second-order valence-corrected chi connectivity index (χ2v) is 10.9. The maximum atomic E-state index is 14.2. The lowest BCUT2D eigenvalue weighted by Crippen LogP contribution is -2.44. The Bertz CT molecular complexity index is 1150. The van der Waals surface area contributed by atoms with Gasteiger partial charge in [-0.2, -0.15) is 13.2 Å². The number of carbonyl (C=O) groups is 1. The molecule has 5 nitrogen and oxygen atoms in total. The second kappa shape index (κ2) is 11.0. The summed E-state index contributed by atoms with van der Waals surface area (Å²) in [6, 6.07) is 8.48. The summed E-state index contributed by atoms with van der Waals surface area (Å²) in [7, 11) is 5.84. The predicted octanol–water partition coefficient (Wildman–Crippen LogP) is 5.81. The number of rotatable bonds is 5. The first-order chi connectivity index (χ1) is 17.3. The number of urea groups is 1. The van der Waals surface area contributed by atoms with E-state index >= 15 is 0 Å². The zero-order valence-electron chi connectivity index (χ0n) is 20.9. The summed E-state index contributed by atoms with van der Waals surface area (Å²) in [4.78, 5) is 21.2. The zero-order chi connectivity index (χ0) is 27.1. The number of amides is 2. The van der Waals surface area contributed by atoms with Gasteiger partial charge in [-0.05, 0) is 63.0 Å². The number of hydrogen-bond acceptors (Lipinski definition) is 3. The van der Waals surface area contributed by atoms with E-state index in [4.69, 9.17) is 23.2 Å². The molecule has 2 heterocycles. The average Bonchev–Trinajstić information content (AvgIpc) is 3.48. The molecule has 2 aromatic carbocycles. The van der Waals surface area contributed by atoms with Gasteiger partial charge in [-0.3, -0.25) is 4.90 Å². The average molecular weight is 561 g/mol. The highest BCUT2D eigenvalue weighted by Gasteiger charge is 2.41. The minimum atomic E-state index is -4.75. The highest BCUT2D eigenvalue weighted by molar-refractivity contribution is 6.42. The Hall–Kier alpha value is -2.07. The quantitative estimate of drug-likeness (QED) is 0.432. The summed E-state index contributed by atoms with van der Waals surface area (Å²) >= 11 is 12.4. The van der Waals surface area contributed by atoms with Crippen molar-refractivity contribution in [2.75, 3.05) is 47.3 Å². The Morgan fingerprint density at radius 2 is 1.73 bits per heavy atom. The maximum Gasteiger partial charge on any atom is 0.419 e. The molecule has 0 aromatic heterocycles. The Morgan fingerprint density at radius 3 is 2.32 bits per heavy atom. The third kappa shape index (κ3) is 6.16. The van der Waals surface area contributed by atoms with E-state index in [0.717, 1.165) is 24.1 Å². The molecule has 0 N–H and O–H groups in total. The fourth-order valence-electron chi connectivity index (χ4n) is 5.29. The van der Waals surface area contributed by atoms with Gasteiger partial charge in [0.15, 0.2) is 0 Å². The highest BCUT2D eigenvalue weighted by Crippen LogP contribution is 2.36. The highest BCUT2D eigenvalue weighted by atomic mass is 35.5. The van der Waals surface area contributed by atoms with Crippen molar-refractivity contribution in [3.8, 4) is 0 Å². The van der Waals surface area contributed by atoms with Gasteiger partial charge in [0.25, 0.3) is 0 Å². The lowest BCUT2D eigenvalue weighted by atomic mass is 9.93. The van der Waals surface area contributed by atoms with Crippen molar-refractivity contribution >= 4 is 29.2 Å². The third-order valence-electron chi connectivity index (χ3n) is 7.43. The molecule has 2 aliphatic heterocycles. The van der Waals surface area contributed by atoms with E-state index in [-0.39, 0.29) is 24.5 Å². The SMILES string of the molecule is CN(Cc1ccc(C(F)(F)F)c(F)c1)C1CN(C(=O)N2CC[C@@H](N(C)C)C2)CC1c1ccc(Cl)c(Cl)c1. The zero-order valence-corrected chi connectivity index (χ0v) is 22.4. The molecule has 2 saturated heterocycles. The van der Waals surface area contributed by atoms with Gasteiger partial charge in [-0.25, -0.2) is 9.18 Å². The molecule has 0 saturated carbocycles. The summed E-state index contributed by atoms with van der Waals surface area (Å²) in [5.41, 5.74) is 0.0404. The van der Waals surface area contributed by atoms with Crippen molar-refractivity contribution in [2.45, 2.75) is 37.1 Å². The Kier molecular flexibility index (Phi) is 8.28. The molecule has 2 amide bonds. The number of alkyl halides is 3. The minimum absolute atomic E-state index is 0.0362. The Labute approximate surface area is 224 Å². The van der Waals surface area contributed by atoms with E-state index < -0.39 is 17.6 Å². The molecule has 0 radical (unpaired) electrons. The van der Waals surface area contributed by atoms with Crippen LogP contribution < -0.4 is 0 Å². The number of likely N-dealkylation sites (N-methyl/N-ethyl adjacent to an activating group) is 2. The number of nitrogens with zero attached hydrogens (tertiary/aromatic N) is 4. The number of hydrogen-bond donors (Lipinski definition) is 0. The van der Waals surface area contributed by atoms with Crippen molar-refractivity contribution < 1.29 is 22.4 Å². The second-order valence-electron chi connectivity index (χ2n) is 10.1. The van der Waals surface area contributed by atoms with Crippen LogP contribution in [-0.2, 0) is 12.7 Å². The van der Waals surface area contributed by atoms with E-state index in [1.54, 1.807) is 12.1 Å². The van der Waals surface area contributed by atoms with E-state index in [9.17, 15) is 22.4 Å². The van der Waals surface area contributed by atoms with Crippen molar-refractivity contribution in [2.24, 2.45) is 0 Å². The molecule has 0 spiro atoms. The third-order valence-corrected chi connectivity index (χ3v) is 8.17. The molecule has 2 aliphatic rings. The first-order valence-corrected chi connectivity index (χ1v) is 12.8. The standard InChI is InChI=1S/C26H30Cl2F4N4O/c1-33(2)18-8-9-35(13-18)25(37)36-14-19(17-5-7-21(27)22(28)11-17)24(15-36)34(3)12-16-4-6-20(23(29)10-16)26(30,31)32/h4-7,10-11,18-19,24H,8-9,12-15H2,1-3H3/t18-,19?,24?/m1/s1. The number of carbonyl (C=O) groups excluding carboxylic acids is 1. The van der Waals surface area contributed by atoms with Crippen LogP contribution in [0, 0.1) is 5.82 Å². The smallest absolute Gasteiger partial charge is 0.323 e. The van der Waals surface area contributed by atoms with Crippen molar-refractivity contribution in [3.05, 3.63) is 69.0 Å². The van der Waals surface area contributed by atoms with E-state index in [0.29, 0.717) is 47.8 Å². The van der Waals surface area contributed by atoms with Gasteiger partial charge < -0.3 is 14.7 Å². The van der Waals surface area contributed by atoms with E-state index in [2.05, 4.69) is 4.90 Å². The van der Waals surface area contributed by atoms with Crippen LogP contribution in [0.15, 0.2) is 36.4 Å². The van der Waals surface area contributed by atoms with Gasteiger partial charge in [0.1, 0.15) is 5.82 Å². The fraction of sp³-hybridized carbons (Fsp3) is 0.500. The van der Waals surface area contributed by atoms with E-state index in [1.165, 1.54) is 6.07 Å². The van der Waals surface area contributed by atoms with Crippen molar-refractivity contribution in [1.29, 1.82) is 0 Å². The lowest BCUT2D eigenvalue weighted by molar-refractivity contribution is -0.140. The van der Waals surface area contributed by atoms with Gasteiger partial charge in [-0.1, -0.05) is 35.3 Å². The number of likely N-dealkylation sites (tertiary alicyclic amines) is 2. The van der Waals surface area contributed by atoms with Gasteiger partial charge >= 0.3 is 12.2 Å². The molecular weight excluding hydrogens is 531 g/mol. The molecule has 4 rings (SSSR count). The van der Waals surface area contributed by atoms with Crippen LogP contribution in [0.3, 0.4) is 0 Å². The molecule has 11 heteroatoms. The fourth-order valence-corrected chi connectivity index (χ4v) is 5.60. The molecule has 2 fully saturated rings. The Balaban J connectivity index is 1.56. The van der Waals surface area contributed by atoms with Crippen LogP contribution >= 0.6 is 23.2 Å². The van der Waals surface area contributed by atoms with Crippen LogP contribution in [0.25, 0.3) is 0 Å².